The van der Waals surface area contributed by atoms with Gasteiger partial charge in [-0.1, -0.05) is 143 Å². The van der Waals surface area contributed by atoms with Crippen LogP contribution in [0.2, 0.25) is 0 Å². The lowest BCUT2D eigenvalue weighted by Gasteiger charge is -2.22. The molecule has 53 heavy (non-hydrogen) atoms. The van der Waals surface area contributed by atoms with E-state index in [9.17, 15) is 4.79 Å². The summed E-state index contributed by atoms with van der Waals surface area (Å²) in [4.78, 5) is 19.3. The van der Waals surface area contributed by atoms with Gasteiger partial charge in [-0.2, -0.15) is 0 Å². The second kappa shape index (κ2) is 12.7. The second-order valence-corrected chi connectivity index (χ2v) is 14.7. The first-order valence-electron chi connectivity index (χ1n) is 18.4. The number of hydrogen-bond donors (Lipinski definition) is 1. The molecule has 1 heterocycles. The number of hydrogen-bond acceptors (Lipinski definition) is 2. The monoisotopic (exact) mass is 684 g/mol. The number of benzene rings is 7. The Morgan fingerprint density at radius 2 is 1.06 bits per heavy atom. The summed E-state index contributed by atoms with van der Waals surface area (Å²) in [6.07, 6.45) is 4.20. The molecule has 1 aliphatic rings. The van der Waals surface area contributed by atoms with Gasteiger partial charge in [-0.05, 0) is 118 Å². The molecule has 1 aliphatic carbocycles. The molecular weight excluding hydrogens is 645 g/mol. The first kappa shape index (κ1) is 32.6. The molecule has 0 atom stereocenters. The Bertz CT molecular complexity index is 2790. The third kappa shape index (κ3) is 5.52. The first-order chi connectivity index (χ1) is 25.7. The Kier molecular flexibility index (Phi) is 7.82. The molecular formula is C50H40N2O. The van der Waals surface area contributed by atoms with Gasteiger partial charge in [0.1, 0.15) is 5.69 Å². The molecule has 1 N–H and O–H groups in total. The number of rotatable bonds is 6. The van der Waals surface area contributed by atoms with E-state index in [0.717, 1.165) is 43.6 Å². The Morgan fingerprint density at radius 1 is 0.509 bits per heavy atom. The molecule has 1 amide bonds. The summed E-state index contributed by atoms with van der Waals surface area (Å²) >= 11 is 0. The van der Waals surface area contributed by atoms with E-state index < -0.39 is 0 Å². The molecule has 0 bridgehead atoms. The van der Waals surface area contributed by atoms with E-state index in [1.165, 1.54) is 66.6 Å². The molecule has 0 fully saturated rings. The van der Waals surface area contributed by atoms with Gasteiger partial charge in [0.05, 0.1) is 0 Å². The average Bonchev–Trinajstić information content (AvgIpc) is 3.55. The van der Waals surface area contributed by atoms with Crippen LogP contribution in [0.3, 0.4) is 0 Å². The fourth-order valence-electron chi connectivity index (χ4n) is 8.11. The third-order valence-corrected chi connectivity index (χ3v) is 10.9. The van der Waals surface area contributed by atoms with Gasteiger partial charge in [-0.15, -0.1) is 0 Å². The number of carbonyl (C=O) groups excluding carboxylic acids is 1. The second-order valence-electron chi connectivity index (χ2n) is 14.7. The van der Waals surface area contributed by atoms with Crippen molar-refractivity contribution in [1.82, 2.24) is 10.3 Å². The van der Waals surface area contributed by atoms with Crippen LogP contribution in [0.4, 0.5) is 0 Å². The molecule has 3 heteroatoms. The van der Waals surface area contributed by atoms with Gasteiger partial charge in [0.25, 0.3) is 5.91 Å². The van der Waals surface area contributed by atoms with E-state index in [2.05, 4.69) is 167 Å². The maximum atomic E-state index is 14.5. The highest BCUT2D eigenvalue weighted by atomic mass is 16.1. The lowest BCUT2D eigenvalue weighted by molar-refractivity contribution is 0.0948. The topological polar surface area (TPSA) is 42.0 Å². The minimum atomic E-state index is -0.185. The molecule has 0 unspecified atom stereocenters. The van der Waals surface area contributed by atoms with Gasteiger partial charge in [-0.25, -0.2) is 0 Å². The Morgan fingerprint density at radius 3 is 1.68 bits per heavy atom. The van der Waals surface area contributed by atoms with Crippen LogP contribution in [-0.2, 0) is 6.54 Å². The summed E-state index contributed by atoms with van der Waals surface area (Å²) in [7, 11) is 0. The highest BCUT2D eigenvalue weighted by Gasteiger charge is 2.31. The average molecular weight is 685 g/mol. The van der Waals surface area contributed by atoms with Crippen molar-refractivity contribution in [2.24, 2.45) is 0 Å². The van der Waals surface area contributed by atoms with Gasteiger partial charge in [0.2, 0.25) is 0 Å². The molecule has 0 radical (unpaired) electrons. The molecule has 7 aromatic carbocycles. The van der Waals surface area contributed by atoms with Gasteiger partial charge in [0, 0.05) is 23.5 Å². The first-order valence-corrected chi connectivity index (χ1v) is 18.4. The molecule has 256 valence electrons. The van der Waals surface area contributed by atoms with Gasteiger partial charge in [0.15, 0.2) is 0 Å². The number of fused-ring (bicyclic) bond motifs is 4. The highest BCUT2D eigenvalue weighted by molar-refractivity contribution is 6.36. The Balaban J connectivity index is 1.45. The molecule has 9 rings (SSSR count). The Hall–Kier alpha value is -6.32. The van der Waals surface area contributed by atoms with Crippen LogP contribution in [0.25, 0.3) is 66.2 Å². The summed E-state index contributed by atoms with van der Waals surface area (Å²) in [6, 6.07) is 43.8. The predicted molar refractivity (Wildman–Crippen MR) is 222 cm³/mol. The molecule has 0 spiro atoms. The van der Waals surface area contributed by atoms with E-state index in [0.29, 0.717) is 12.2 Å². The standard InChI is InChI=1S/C50H40N2O/c1-29-6-15-34(16-7-29)28-52-50(53)49-48-39(24-25-51-49)43(36-19-10-31(3)11-20-36)42-27-40(35-17-8-30(2)9-18-35)46-44(37-21-12-32(4)13-22-37)41-26-33(5)14-23-38(41)45(48)47(42)46/h6-27H,28H2,1-5H3,(H,52,53). The van der Waals surface area contributed by atoms with E-state index in [1.54, 1.807) is 6.20 Å². The normalized spacial score (nSPS) is 12.1. The van der Waals surface area contributed by atoms with E-state index in [1.807, 2.05) is 0 Å². The van der Waals surface area contributed by atoms with Crippen molar-refractivity contribution in [2.45, 2.75) is 41.2 Å². The molecule has 1 aromatic heterocycles. The van der Waals surface area contributed by atoms with Gasteiger partial charge >= 0.3 is 0 Å². The number of nitrogens with one attached hydrogen (secondary N) is 1. The van der Waals surface area contributed by atoms with Gasteiger partial charge in [-0.3, -0.25) is 9.78 Å². The lowest BCUT2D eigenvalue weighted by Crippen LogP contribution is -2.24. The van der Waals surface area contributed by atoms with Crippen LogP contribution < -0.4 is 5.32 Å². The summed E-state index contributed by atoms with van der Waals surface area (Å²) in [6.45, 7) is 11.0. The summed E-state index contributed by atoms with van der Waals surface area (Å²) in [5.74, 6) is -0.185. The van der Waals surface area contributed by atoms with Crippen molar-refractivity contribution in [3.05, 3.63) is 183 Å². The number of amides is 1. The van der Waals surface area contributed by atoms with Crippen molar-refractivity contribution >= 4 is 49.9 Å². The lowest BCUT2D eigenvalue weighted by atomic mass is 9.81. The van der Waals surface area contributed by atoms with Crippen LogP contribution in [0.1, 0.15) is 60.6 Å². The van der Waals surface area contributed by atoms with Crippen molar-refractivity contribution in [3.63, 3.8) is 0 Å². The number of carbonyl (C=O) groups is 1. The summed E-state index contributed by atoms with van der Waals surface area (Å²) in [5.41, 5.74) is 16.9. The smallest absolute Gasteiger partial charge is 0.270 e. The molecule has 0 saturated heterocycles. The van der Waals surface area contributed by atoms with E-state index >= 15 is 0 Å². The highest BCUT2D eigenvalue weighted by Crippen LogP contribution is 2.54. The van der Waals surface area contributed by atoms with Crippen LogP contribution in [0.5, 0.6) is 0 Å². The summed E-state index contributed by atoms with van der Waals surface area (Å²) in [5, 5.41) is 9.64. The largest absolute Gasteiger partial charge is 0.347 e. The SMILES string of the molecule is Cc1ccc(CNC(=O)c2nccc3c(-c4ccc(C)cc4)c4c5c(c(-c6ccc(C)cc6)c6cc(C)ccc6c5c23)C(c2ccc(C)cc2)=C4)cc1. The van der Waals surface area contributed by atoms with Crippen molar-refractivity contribution < 1.29 is 4.79 Å². The minimum absolute atomic E-state index is 0.185. The number of pyridine rings is 1. The minimum Gasteiger partial charge on any atom is -0.347 e. The van der Waals surface area contributed by atoms with E-state index in [4.69, 9.17) is 4.98 Å². The molecule has 0 saturated carbocycles. The molecule has 0 aliphatic heterocycles. The van der Waals surface area contributed by atoms with Crippen LogP contribution in [0, 0.1) is 34.6 Å². The van der Waals surface area contributed by atoms with E-state index in [-0.39, 0.29) is 5.91 Å². The third-order valence-electron chi connectivity index (χ3n) is 10.9. The van der Waals surface area contributed by atoms with Crippen molar-refractivity contribution in [1.29, 1.82) is 0 Å². The Labute approximate surface area is 310 Å². The number of aromatic nitrogens is 1. The predicted octanol–water partition coefficient (Wildman–Crippen LogP) is 12.2. The maximum absolute atomic E-state index is 14.5. The zero-order valence-electron chi connectivity index (χ0n) is 30.8. The van der Waals surface area contributed by atoms with Crippen LogP contribution >= 0.6 is 0 Å². The number of aryl methyl sites for hydroxylation is 5. The van der Waals surface area contributed by atoms with Crippen molar-refractivity contribution in [2.75, 3.05) is 0 Å². The summed E-state index contributed by atoms with van der Waals surface area (Å²) < 4.78 is 0. The van der Waals surface area contributed by atoms with Gasteiger partial charge < -0.3 is 5.32 Å². The zero-order chi connectivity index (χ0) is 36.4. The van der Waals surface area contributed by atoms with Crippen LogP contribution in [0.15, 0.2) is 128 Å². The quantitative estimate of drug-likeness (QED) is 0.177. The fraction of sp³-hybridized carbons (Fsp3) is 0.120. The van der Waals surface area contributed by atoms with Crippen molar-refractivity contribution in [3.8, 4) is 22.3 Å². The fourth-order valence-corrected chi connectivity index (χ4v) is 8.11. The zero-order valence-corrected chi connectivity index (χ0v) is 30.8. The molecule has 3 nitrogen and oxygen atoms in total. The maximum Gasteiger partial charge on any atom is 0.270 e. The van der Waals surface area contributed by atoms with Crippen LogP contribution in [-0.4, -0.2) is 10.9 Å². The molecule has 8 aromatic rings. The number of nitrogens with zero attached hydrogens (tertiary/aromatic N) is 1.